The summed E-state index contributed by atoms with van der Waals surface area (Å²) in [4.78, 5) is 12.2. The molecule has 0 fully saturated rings. The molecule has 5 nitrogen and oxygen atoms in total. The Morgan fingerprint density at radius 3 is 2.45 bits per heavy atom. The first kappa shape index (κ1) is 22.0. The Morgan fingerprint density at radius 1 is 0.871 bits per heavy atom. The van der Waals surface area contributed by atoms with Gasteiger partial charge in [0.2, 0.25) is 5.91 Å². The average molecular weight is 417 g/mol. The van der Waals surface area contributed by atoms with Crippen LogP contribution in [-0.4, -0.2) is 25.7 Å². The van der Waals surface area contributed by atoms with E-state index in [-0.39, 0.29) is 12.5 Å². The van der Waals surface area contributed by atoms with Gasteiger partial charge in [0.15, 0.2) is 0 Å². The Bertz CT molecular complexity index is 956. The van der Waals surface area contributed by atoms with Crippen LogP contribution in [0, 0.1) is 0 Å². The molecule has 0 saturated carbocycles. The normalized spacial score (nSPS) is 10.2. The van der Waals surface area contributed by atoms with Crippen LogP contribution < -0.4 is 20.1 Å². The molecule has 5 heteroatoms. The van der Waals surface area contributed by atoms with Crippen LogP contribution in [0.25, 0.3) is 0 Å². The molecular formula is C26H28N2O3. The molecule has 0 aliphatic carbocycles. The number of anilines is 2. The third-order valence-corrected chi connectivity index (χ3v) is 4.51. The first-order valence-corrected chi connectivity index (χ1v) is 10.4. The van der Waals surface area contributed by atoms with Gasteiger partial charge in [-0.3, -0.25) is 4.79 Å². The predicted molar refractivity (Wildman–Crippen MR) is 126 cm³/mol. The van der Waals surface area contributed by atoms with Gasteiger partial charge in [0.25, 0.3) is 0 Å². The van der Waals surface area contributed by atoms with Crippen molar-refractivity contribution < 1.29 is 14.3 Å². The van der Waals surface area contributed by atoms with Crippen molar-refractivity contribution in [3.05, 3.63) is 97.1 Å². The first-order valence-electron chi connectivity index (χ1n) is 10.4. The molecule has 2 N–H and O–H groups in total. The summed E-state index contributed by atoms with van der Waals surface area (Å²) in [5, 5.41) is 5.99. The summed E-state index contributed by atoms with van der Waals surface area (Å²) in [6, 6.07) is 25.3. The summed E-state index contributed by atoms with van der Waals surface area (Å²) in [5.41, 5.74) is 2.86. The van der Waals surface area contributed by atoms with Crippen molar-refractivity contribution in [2.24, 2.45) is 0 Å². The Morgan fingerprint density at radius 2 is 1.68 bits per heavy atom. The van der Waals surface area contributed by atoms with Crippen LogP contribution in [0.4, 0.5) is 11.4 Å². The minimum absolute atomic E-state index is 0.131. The maximum absolute atomic E-state index is 12.2. The van der Waals surface area contributed by atoms with E-state index in [1.54, 1.807) is 18.2 Å². The zero-order chi connectivity index (χ0) is 21.7. The van der Waals surface area contributed by atoms with Crippen molar-refractivity contribution in [2.45, 2.75) is 12.8 Å². The highest BCUT2D eigenvalue weighted by molar-refractivity contribution is 5.93. The Labute approximate surface area is 183 Å². The highest BCUT2D eigenvalue weighted by atomic mass is 16.5. The lowest BCUT2D eigenvalue weighted by atomic mass is 10.1. The second-order valence-electron chi connectivity index (χ2n) is 6.99. The average Bonchev–Trinajstić information content (AvgIpc) is 2.81. The van der Waals surface area contributed by atoms with Crippen molar-refractivity contribution in [2.75, 3.05) is 30.4 Å². The molecule has 0 atom stereocenters. The Kier molecular flexibility index (Phi) is 8.56. The number of aryl methyl sites for hydroxylation is 1. The zero-order valence-electron chi connectivity index (χ0n) is 17.6. The number of rotatable bonds is 12. The molecule has 0 spiro atoms. The second kappa shape index (κ2) is 12.1. The van der Waals surface area contributed by atoms with Crippen molar-refractivity contribution in [3.8, 4) is 11.5 Å². The van der Waals surface area contributed by atoms with Crippen molar-refractivity contribution in [1.82, 2.24) is 0 Å². The van der Waals surface area contributed by atoms with Crippen LogP contribution in [0.15, 0.2) is 91.5 Å². The third-order valence-electron chi connectivity index (χ3n) is 4.51. The van der Waals surface area contributed by atoms with Crippen LogP contribution >= 0.6 is 0 Å². The minimum atomic E-state index is -0.131. The van der Waals surface area contributed by atoms with Gasteiger partial charge < -0.3 is 20.1 Å². The number of hydrogen-bond donors (Lipinski definition) is 2. The topological polar surface area (TPSA) is 59.6 Å². The largest absolute Gasteiger partial charge is 0.494 e. The molecule has 3 rings (SSSR count). The van der Waals surface area contributed by atoms with Gasteiger partial charge in [0.05, 0.1) is 13.2 Å². The molecule has 0 bridgehead atoms. The fourth-order valence-electron chi connectivity index (χ4n) is 2.98. The van der Waals surface area contributed by atoms with E-state index < -0.39 is 0 Å². The molecule has 0 heterocycles. The Hall–Kier alpha value is -3.73. The monoisotopic (exact) mass is 416 g/mol. The first-order chi connectivity index (χ1) is 15.2. The molecule has 0 aromatic heterocycles. The second-order valence-corrected chi connectivity index (χ2v) is 6.99. The fraction of sp³-hybridized carbons (Fsp3) is 0.192. The minimum Gasteiger partial charge on any atom is -0.494 e. The summed E-state index contributed by atoms with van der Waals surface area (Å²) in [5.74, 6) is 1.39. The number of nitrogens with one attached hydrogen (secondary N) is 2. The van der Waals surface area contributed by atoms with Gasteiger partial charge in [-0.2, -0.15) is 0 Å². The van der Waals surface area contributed by atoms with Gasteiger partial charge in [0.1, 0.15) is 18.1 Å². The van der Waals surface area contributed by atoms with Crippen LogP contribution in [-0.2, 0) is 11.2 Å². The quantitative estimate of drug-likeness (QED) is 0.310. The maximum Gasteiger partial charge on any atom is 0.243 e. The van der Waals surface area contributed by atoms with E-state index in [2.05, 4.69) is 41.5 Å². The lowest BCUT2D eigenvalue weighted by Gasteiger charge is -2.11. The van der Waals surface area contributed by atoms with Gasteiger partial charge >= 0.3 is 0 Å². The van der Waals surface area contributed by atoms with Gasteiger partial charge in [-0.05, 0) is 54.8 Å². The predicted octanol–water partition coefficient (Wildman–Crippen LogP) is 5.31. The van der Waals surface area contributed by atoms with Crippen molar-refractivity contribution >= 4 is 17.3 Å². The highest BCUT2D eigenvalue weighted by Gasteiger charge is 2.04. The summed E-state index contributed by atoms with van der Waals surface area (Å²) in [6.07, 6.45) is 3.62. The van der Waals surface area contributed by atoms with Crippen LogP contribution in [0.1, 0.15) is 12.0 Å². The van der Waals surface area contributed by atoms with E-state index in [9.17, 15) is 4.79 Å². The number of amides is 1. The van der Waals surface area contributed by atoms with Crippen LogP contribution in [0.2, 0.25) is 0 Å². The molecule has 0 saturated heterocycles. The summed E-state index contributed by atoms with van der Waals surface area (Å²) in [6.45, 7) is 4.87. The fourth-order valence-corrected chi connectivity index (χ4v) is 2.98. The number of hydrogen-bond acceptors (Lipinski definition) is 4. The SMILES string of the molecule is C=CCOc1ccc(NC(=O)CNc2cccc(OCCCc3ccccc3)c2)cc1. The number of carbonyl (C=O) groups excluding carboxylic acids is 1. The molecule has 0 unspecified atom stereocenters. The van der Waals surface area contributed by atoms with Gasteiger partial charge in [-0.15, -0.1) is 0 Å². The molecular weight excluding hydrogens is 388 g/mol. The summed E-state index contributed by atoms with van der Waals surface area (Å²) >= 11 is 0. The van der Waals surface area contributed by atoms with E-state index >= 15 is 0 Å². The van der Waals surface area contributed by atoms with E-state index in [1.807, 2.05) is 42.5 Å². The zero-order valence-corrected chi connectivity index (χ0v) is 17.6. The molecule has 3 aromatic carbocycles. The third kappa shape index (κ3) is 7.90. The van der Waals surface area contributed by atoms with Gasteiger partial charge in [-0.1, -0.05) is 49.1 Å². The maximum atomic E-state index is 12.2. The molecule has 0 radical (unpaired) electrons. The molecule has 0 aliphatic heterocycles. The number of ether oxygens (including phenoxy) is 2. The van der Waals surface area contributed by atoms with E-state index in [1.165, 1.54) is 5.56 Å². The Balaban J connectivity index is 1.39. The standard InChI is InChI=1S/C26H28N2O3/c1-2-17-30-24-15-13-22(14-16-24)28-26(29)20-27-23-11-6-12-25(19-23)31-18-7-10-21-8-4-3-5-9-21/h2-6,8-9,11-16,19,27H,1,7,10,17-18,20H2,(H,28,29). The van der Waals surface area contributed by atoms with E-state index in [4.69, 9.17) is 9.47 Å². The smallest absolute Gasteiger partial charge is 0.243 e. The lowest BCUT2D eigenvalue weighted by Crippen LogP contribution is -2.21. The highest BCUT2D eigenvalue weighted by Crippen LogP contribution is 2.18. The van der Waals surface area contributed by atoms with Crippen LogP contribution in [0.5, 0.6) is 11.5 Å². The van der Waals surface area contributed by atoms with Gasteiger partial charge in [0, 0.05) is 17.4 Å². The molecule has 1 amide bonds. The van der Waals surface area contributed by atoms with E-state index in [0.717, 1.165) is 30.0 Å². The number of carbonyl (C=O) groups is 1. The molecule has 31 heavy (non-hydrogen) atoms. The molecule has 160 valence electrons. The summed E-state index contributed by atoms with van der Waals surface area (Å²) in [7, 11) is 0. The van der Waals surface area contributed by atoms with Crippen LogP contribution in [0.3, 0.4) is 0 Å². The van der Waals surface area contributed by atoms with Gasteiger partial charge in [-0.25, -0.2) is 0 Å². The van der Waals surface area contributed by atoms with E-state index in [0.29, 0.717) is 18.9 Å². The molecule has 0 aliphatic rings. The van der Waals surface area contributed by atoms with Crippen molar-refractivity contribution in [3.63, 3.8) is 0 Å². The summed E-state index contributed by atoms with van der Waals surface area (Å²) < 4.78 is 11.3. The number of benzene rings is 3. The van der Waals surface area contributed by atoms with Crippen molar-refractivity contribution in [1.29, 1.82) is 0 Å². The lowest BCUT2D eigenvalue weighted by molar-refractivity contribution is -0.114. The molecule has 3 aromatic rings.